The van der Waals surface area contributed by atoms with E-state index < -0.39 is 0 Å². The van der Waals surface area contributed by atoms with Crippen molar-refractivity contribution in [3.63, 3.8) is 0 Å². The summed E-state index contributed by atoms with van der Waals surface area (Å²) in [6.07, 6.45) is 4.22. The van der Waals surface area contributed by atoms with Gasteiger partial charge in [0.1, 0.15) is 6.61 Å². The lowest BCUT2D eigenvalue weighted by molar-refractivity contribution is -0.121. The Morgan fingerprint density at radius 2 is 2.20 bits per heavy atom. The third-order valence-electron chi connectivity index (χ3n) is 0.989. The van der Waals surface area contributed by atoms with Crippen LogP contribution in [0.1, 0.15) is 12.8 Å². The van der Waals surface area contributed by atoms with Crippen LogP contribution >= 0.6 is 0 Å². The summed E-state index contributed by atoms with van der Waals surface area (Å²) in [6, 6.07) is 0. The molecular weight excluding hydrogens is 128 g/mol. The van der Waals surface area contributed by atoms with E-state index in [1.165, 1.54) is 6.26 Å². The Morgan fingerprint density at radius 1 is 1.50 bits per heavy atom. The number of rotatable bonds is 6. The molecule has 0 aromatic carbocycles. The lowest BCUT2D eigenvalue weighted by Gasteiger charge is -1.96. The number of ether oxygens (including phenoxy) is 1. The molecule has 0 bridgehead atoms. The van der Waals surface area contributed by atoms with E-state index in [1.54, 1.807) is 6.08 Å². The molecule has 2 heteroatoms. The molecule has 0 unspecified atom stereocenters. The highest BCUT2D eigenvalue weighted by Crippen LogP contribution is 1.91. The molecule has 0 fully saturated rings. The van der Waals surface area contributed by atoms with Gasteiger partial charge in [0, 0.05) is 6.42 Å². The Balaban J connectivity index is 3.24. The van der Waals surface area contributed by atoms with Gasteiger partial charge in [-0.1, -0.05) is 12.7 Å². The number of allylic oxidation sites excluding steroid dienone is 1. The number of hydrogen-bond acceptors (Lipinski definition) is 2. The van der Waals surface area contributed by atoms with Crippen LogP contribution in [0.15, 0.2) is 25.5 Å². The first-order chi connectivity index (χ1) is 4.81. The molecule has 2 nitrogen and oxygen atoms in total. The fourth-order valence-corrected chi connectivity index (χ4v) is 0.487. The Kier molecular flexibility index (Phi) is 5.44. The van der Waals surface area contributed by atoms with Crippen molar-refractivity contribution in [2.24, 2.45) is 0 Å². The van der Waals surface area contributed by atoms with E-state index in [-0.39, 0.29) is 12.4 Å². The van der Waals surface area contributed by atoms with Crippen molar-refractivity contribution in [2.45, 2.75) is 12.8 Å². The average molecular weight is 140 g/mol. The van der Waals surface area contributed by atoms with Crippen LogP contribution in [0.4, 0.5) is 0 Å². The summed E-state index contributed by atoms with van der Waals surface area (Å²) in [6.45, 7) is 6.95. The quantitative estimate of drug-likeness (QED) is 0.414. The van der Waals surface area contributed by atoms with Gasteiger partial charge in [-0.15, -0.1) is 6.58 Å². The Morgan fingerprint density at radius 3 is 2.70 bits per heavy atom. The normalized spacial score (nSPS) is 8.40. The first-order valence-corrected chi connectivity index (χ1v) is 3.16. The molecule has 0 spiro atoms. The molecule has 10 heavy (non-hydrogen) atoms. The SMILES string of the molecule is C=CCCC(=O)COC=C. The van der Waals surface area contributed by atoms with E-state index in [1.807, 2.05) is 0 Å². The van der Waals surface area contributed by atoms with Crippen molar-refractivity contribution in [2.75, 3.05) is 6.61 Å². The smallest absolute Gasteiger partial charge is 0.170 e. The predicted molar refractivity (Wildman–Crippen MR) is 40.6 cm³/mol. The van der Waals surface area contributed by atoms with Crippen molar-refractivity contribution in [3.8, 4) is 0 Å². The number of ketones is 1. The zero-order valence-corrected chi connectivity index (χ0v) is 6.01. The van der Waals surface area contributed by atoms with Crippen LogP contribution in [-0.4, -0.2) is 12.4 Å². The van der Waals surface area contributed by atoms with Crippen molar-refractivity contribution in [1.82, 2.24) is 0 Å². The van der Waals surface area contributed by atoms with Crippen LogP contribution in [0.25, 0.3) is 0 Å². The monoisotopic (exact) mass is 140 g/mol. The third kappa shape index (κ3) is 5.09. The van der Waals surface area contributed by atoms with Crippen LogP contribution in [0.5, 0.6) is 0 Å². The molecule has 0 saturated carbocycles. The predicted octanol–water partition coefficient (Wildman–Crippen LogP) is 1.68. The first-order valence-electron chi connectivity index (χ1n) is 3.16. The molecule has 56 valence electrons. The number of carbonyl (C=O) groups excluding carboxylic acids is 1. The van der Waals surface area contributed by atoms with E-state index in [0.717, 1.165) is 6.42 Å². The molecular formula is C8H12O2. The second-order valence-electron chi connectivity index (χ2n) is 1.84. The summed E-state index contributed by atoms with van der Waals surface area (Å²) in [5, 5.41) is 0. The fraction of sp³-hybridized carbons (Fsp3) is 0.375. The van der Waals surface area contributed by atoms with Crippen LogP contribution in [-0.2, 0) is 9.53 Å². The van der Waals surface area contributed by atoms with Gasteiger partial charge in [-0.25, -0.2) is 0 Å². The summed E-state index contributed by atoms with van der Waals surface area (Å²) >= 11 is 0. The highest BCUT2D eigenvalue weighted by molar-refractivity contribution is 5.79. The van der Waals surface area contributed by atoms with Crippen molar-refractivity contribution in [3.05, 3.63) is 25.5 Å². The zero-order chi connectivity index (χ0) is 7.82. The molecule has 0 aliphatic carbocycles. The van der Waals surface area contributed by atoms with E-state index in [0.29, 0.717) is 6.42 Å². The maximum atomic E-state index is 10.7. The Labute approximate surface area is 61.2 Å². The van der Waals surface area contributed by atoms with E-state index in [9.17, 15) is 4.79 Å². The summed E-state index contributed by atoms with van der Waals surface area (Å²) < 4.78 is 4.67. The molecule has 0 atom stereocenters. The van der Waals surface area contributed by atoms with Gasteiger partial charge >= 0.3 is 0 Å². The van der Waals surface area contributed by atoms with Gasteiger partial charge in [0.15, 0.2) is 5.78 Å². The zero-order valence-electron chi connectivity index (χ0n) is 6.01. The Hall–Kier alpha value is -1.05. The maximum Gasteiger partial charge on any atom is 0.170 e. The van der Waals surface area contributed by atoms with Crippen LogP contribution in [0.3, 0.4) is 0 Å². The lowest BCUT2D eigenvalue weighted by Crippen LogP contribution is -2.04. The number of hydrogen-bond donors (Lipinski definition) is 0. The van der Waals surface area contributed by atoms with Gasteiger partial charge in [0.25, 0.3) is 0 Å². The van der Waals surface area contributed by atoms with Crippen molar-refractivity contribution in [1.29, 1.82) is 0 Å². The lowest BCUT2D eigenvalue weighted by atomic mass is 10.2. The number of carbonyl (C=O) groups is 1. The maximum absolute atomic E-state index is 10.7. The molecule has 0 radical (unpaired) electrons. The molecule has 0 saturated heterocycles. The molecule has 0 aliphatic heterocycles. The Bertz CT molecular complexity index is 113. The minimum atomic E-state index is 0.0831. The molecule has 0 aromatic rings. The second-order valence-corrected chi connectivity index (χ2v) is 1.84. The third-order valence-corrected chi connectivity index (χ3v) is 0.989. The van der Waals surface area contributed by atoms with Gasteiger partial charge in [-0.2, -0.15) is 0 Å². The van der Waals surface area contributed by atoms with E-state index in [4.69, 9.17) is 0 Å². The summed E-state index contributed by atoms with van der Waals surface area (Å²) in [5.74, 6) is 0.0831. The van der Waals surface area contributed by atoms with Crippen molar-refractivity contribution < 1.29 is 9.53 Å². The molecule has 0 heterocycles. The second kappa shape index (κ2) is 6.08. The summed E-state index contributed by atoms with van der Waals surface area (Å²) in [4.78, 5) is 10.7. The first kappa shape index (κ1) is 8.95. The molecule has 0 aliphatic rings. The molecule has 0 N–H and O–H groups in total. The largest absolute Gasteiger partial charge is 0.494 e. The summed E-state index contributed by atoms with van der Waals surface area (Å²) in [5.41, 5.74) is 0. The number of Topliss-reactive ketones (excluding diaryl/α,β-unsaturated/α-hetero) is 1. The molecule has 0 aromatic heterocycles. The van der Waals surface area contributed by atoms with Gasteiger partial charge in [-0.05, 0) is 6.42 Å². The standard InChI is InChI=1S/C8H12O2/c1-3-5-6-8(9)7-10-4-2/h3-4H,1-2,5-7H2. The highest BCUT2D eigenvalue weighted by Gasteiger charge is 1.97. The van der Waals surface area contributed by atoms with Crippen LogP contribution in [0.2, 0.25) is 0 Å². The molecule has 0 amide bonds. The summed E-state index contributed by atoms with van der Waals surface area (Å²) in [7, 11) is 0. The van der Waals surface area contributed by atoms with Gasteiger partial charge in [-0.3, -0.25) is 4.79 Å². The van der Waals surface area contributed by atoms with E-state index in [2.05, 4.69) is 17.9 Å². The van der Waals surface area contributed by atoms with Crippen LogP contribution in [0, 0.1) is 0 Å². The van der Waals surface area contributed by atoms with Crippen LogP contribution < -0.4 is 0 Å². The van der Waals surface area contributed by atoms with Gasteiger partial charge in [0.2, 0.25) is 0 Å². The minimum absolute atomic E-state index is 0.0831. The van der Waals surface area contributed by atoms with Gasteiger partial charge in [0.05, 0.1) is 6.26 Å². The van der Waals surface area contributed by atoms with Crippen molar-refractivity contribution >= 4 is 5.78 Å². The fourth-order valence-electron chi connectivity index (χ4n) is 0.487. The molecule has 0 rings (SSSR count). The average Bonchev–Trinajstić information content (AvgIpc) is 1.97. The van der Waals surface area contributed by atoms with Gasteiger partial charge < -0.3 is 4.74 Å². The highest BCUT2D eigenvalue weighted by atomic mass is 16.5. The van der Waals surface area contributed by atoms with E-state index >= 15 is 0 Å². The topological polar surface area (TPSA) is 26.3 Å². The minimum Gasteiger partial charge on any atom is -0.494 e.